The van der Waals surface area contributed by atoms with Crippen molar-refractivity contribution < 1.29 is 9.53 Å². The normalized spacial score (nSPS) is 12.1. The Morgan fingerprint density at radius 2 is 1.48 bits per heavy atom. The molecule has 1 unspecified atom stereocenters. The number of hydrogen-bond donors (Lipinski definition) is 1. The summed E-state index contributed by atoms with van der Waals surface area (Å²) in [7, 11) is 1.42. The number of hydrogen-bond acceptors (Lipinski definition) is 3. The van der Waals surface area contributed by atoms with Crippen LogP contribution in [0.15, 0.2) is 60.7 Å². The van der Waals surface area contributed by atoms with Gasteiger partial charge in [-0.25, -0.2) is 0 Å². The second-order valence-corrected chi connectivity index (χ2v) is 5.09. The predicted molar refractivity (Wildman–Crippen MR) is 83.9 cm³/mol. The molecule has 2 aromatic carbocycles. The quantitative estimate of drug-likeness (QED) is 0.828. The highest BCUT2D eigenvalue weighted by Gasteiger charge is 2.18. The average Bonchev–Trinajstić information content (AvgIpc) is 2.56. The third-order valence-corrected chi connectivity index (χ3v) is 3.50. The highest BCUT2D eigenvalue weighted by atomic mass is 16.5. The number of nitrogens with one attached hydrogen (secondary N) is 1. The summed E-state index contributed by atoms with van der Waals surface area (Å²) in [6.45, 7) is 2.44. The van der Waals surface area contributed by atoms with Crippen molar-refractivity contribution in [1.82, 2.24) is 5.32 Å². The van der Waals surface area contributed by atoms with Gasteiger partial charge in [0.1, 0.15) is 0 Å². The number of esters is 1. The molecule has 0 heterocycles. The zero-order valence-corrected chi connectivity index (χ0v) is 12.5. The van der Waals surface area contributed by atoms with Crippen molar-refractivity contribution in [2.45, 2.75) is 13.0 Å². The smallest absolute Gasteiger partial charge is 0.309 e. The molecule has 0 radical (unpaired) electrons. The Hall–Kier alpha value is -2.13. The van der Waals surface area contributed by atoms with Crippen molar-refractivity contribution in [2.24, 2.45) is 5.92 Å². The Balaban J connectivity index is 2.16. The van der Waals surface area contributed by atoms with Gasteiger partial charge in [-0.2, -0.15) is 0 Å². The van der Waals surface area contributed by atoms with Crippen molar-refractivity contribution in [3.63, 3.8) is 0 Å². The number of ether oxygens (including phenoxy) is 1. The molecule has 3 heteroatoms. The van der Waals surface area contributed by atoms with E-state index in [4.69, 9.17) is 4.74 Å². The van der Waals surface area contributed by atoms with Gasteiger partial charge in [0, 0.05) is 6.54 Å². The summed E-state index contributed by atoms with van der Waals surface area (Å²) in [5, 5.41) is 3.47. The van der Waals surface area contributed by atoms with E-state index in [9.17, 15) is 4.79 Å². The minimum Gasteiger partial charge on any atom is -0.469 e. The van der Waals surface area contributed by atoms with Crippen LogP contribution in [0, 0.1) is 5.92 Å². The monoisotopic (exact) mass is 283 g/mol. The van der Waals surface area contributed by atoms with Gasteiger partial charge in [-0.15, -0.1) is 0 Å². The van der Waals surface area contributed by atoms with Crippen molar-refractivity contribution in [1.29, 1.82) is 0 Å². The average molecular weight is 283 g/mol. The van der Waals surface area contributed by atoms with Crippen molar-refractivity contribution in [2.75, 3.05) is 13.7 Å². The van der Waals surface area contributed by atoms with Gasteiger partial charge in [0.2, 0.25) is 0 Å². The Kier molecular flexibility index (Phi) is 5.52. The summed E-state index contributed by atoms with van der Waals surface area (Å²) in [6, 6.07) is 20.5. The van der Waals surface area contributed by atoms with Gasteiger partial charge in [0.25, 0.3) is 0 Å². The molecule has 0 amide bonds. The van der Waals surface area contributed by atoms with Gasteiger partial charge in [0.15, 0.2) is 0 Å². The summed E-state index contributed by atoms with van der Waals surface area (Å²) in [4.78, 5) is 11.5. The van der Waals surface area contributed by atoms with E-state index in [2.05, 4.69) is 29.6 Å². The maximum absolute atomic E-state index is 11.5. The third-order valence-electron chi connectivity index (χ3n) is 3.50. The van der Waals surface area contributed by atoms with Gasteiger partial charge >= 0.3 is 5.97 Å². The van der Waals surface area contributed by atoms with Crippen LogP contribution in [-0.4, -0.2) is 19.6 Å². The van der Waals surface area contributed by atoms with Crippen LogP contribution in [0.5, 0.6) is 0 Å². The molecular weight excluding hydrogens is 262 g/mol. The van der Waals surface area contributed by atoms with E-state index in [-0.39, 0.29) is 17.9 Å². The van der Waals surface area contributed by atoms with E-state index < -0.39 is 0 Å². The predicted octanol–water partition coefficient (Wildman–Crippen LogP) is 3.17. The second-order valence-electron chi connectivity index (χ2n) is 5.09. The molecule has 2 rings (SSSR count). The topological polar surface area (TPSA) is 38.3 Å². The summed E-state index contributed by atoms with van der Waals surface area (Å²) in [6.07, 6.45) is 0. The summed E-state index contributed by atoms with van der Waals surface area (Å²) >= 11 is 0. The SMILES string of the molecule is COC(=O)C(C)CNC(c1ccccc1)c1ccccc1. The first kappa shape index (κ1) is 15.3. The van der Waals surface area contributed by atoms with Crippen LogP contribution in [-0.2, 0) is 9.53 Å². The molecular formula is C18H21NO2. The lowest BCUT2D eigenvalue weighted by Gasteiger charge is -2.21. The number of benzene rings is 2. The molecule has 21 heavy (non-hydrogen) atoms. The highest BCUT2D eigenvalue weighted by Crippen LogP contribution is 2.21. The maximum atomic E-state index is 11.5. The number of rotatable bonds is 6. The molecule has 0 spiro atoms. The molecule has 0 saturated carbocycles. The fourth-order valence-electron chi connectivity index (χ4n) is 2.30. The lowest BCUT2D eigenvalue weighted by Crippen LogP contribution is -2.31. The number of carbonyl (C=O) groups is 1. The molecule has 0 aliphatic heterocycles. The van der Waals surface area contributed by atoms with Gasteiger partial charge in [-0.1, -0.05) is 67.6 Å². The Morgan fingerprint density at radius 3 is 1.90 bits per heavy atom. The molecule has 1 atom stereocenters. The molecule has 0 fully saturated rings. The molecule has 110 valence electrons. The van der Waals surface area contributed by atoms with Crippen molar-refractivity contribution in [3.8, 4) is 0 Å². The summed E-state index contributed by atoms with van der Waals surface area (Å²) in [5.74, 6) is -0.368. The zero-order valence-electron chi connectivity index (χ0n) is 12.5. The van der Waals surface area contributed by atoms with E-state index in [0.29, 0.717) is 6.54 Å². The molecule has 0 saturated heterocycles. The third kappa shape index (κ3) is 4.17. The van der Waals surface area contributed by atoms with Crippen molar-refractivity contribution in [3.05, 3.63) is 71.8 Å². The van der Waals surface area contributed by atoms with Crippen molar-refractivity contribution >= 4 is 5.97 Å². The minimum absolute atomic E-state index is 0.0690. The molecule has 0 aliphatic rings. The van der Waals surface area contributed by atoms with Crippen LogP contribution in [0.3, 0.4) is 0 Å². The minimum atomic E-state index is -0.192. The standard InChI is InChI=1S/C18H21NO2/c1-14(18(20)21-2)13-19-17(15-9-5-3-6-10-15)16-11-7-4-8-12-16/h3-12,14,17,19H,13H2,1-2H3. The van der Waals surface area contributed by atoms with Crippen LogP contribution < -0.4 is 5.32 Å². The Labute approximate surface area is 126 Å². The van der Waals surface area contributed by atoms with Gasteiger partial charge < -0.3 is 10.1 Å². The highest BCUT2D eigenvalue weighted by molar-refractivity contribution is 5.72. The Bertz CT molecular complexity index is 514. The molecule has 0 aromatic heterocycles. The largest absolute Gasteiger partial charge is 0.469 e. The lowest BCUT2D eigenvalue weighted by molar-refractivity contribution is -0.144. The van der Waals surface area contributed by atoms with Crippen LogP contribution in [0.1, 0.15) is 24.1 Å². The fraction of sp³-hybridized carbons (Fsp3) is 0.278. The summed E-state index contributed by atoms with van der Waals surface area (Å²) < 4.78 is 4.78. The molecule has 3 nitrogen and oxygen atoms in total. The van der Waals surface area contributed by atoms with Gasteiger partial charge in [-0.05, 0) is 11.1 Å². The van der Waals surface area contributed by atoms with E-state index in [1.165, 1.54) is 18.2 Å². The van der Waals surface area contributed by atoms with Gasteiger partial charge in [-0.3, -0.25) is 4.79 Å². The molecule has 1 N–H and O–H groups in total. The first-order valence-corrected chi connectivity index (χ1v) is 7.13. The first-order chi connectivity index (χ1) is 10.2. The maximum Gasteiger partial charge on any atom is 0.309 e. The molecule has 2 aromatic rings. The van der Waals surface area contributed by atoms with E-state index >= 15 is 0 Å². The van der Waals surface area contributed by atoms with E-state index in [0.717, 1.165) is 0 Å². The zero-order chi connectivity index (χ0) is 15.1. The fourth-order valence-corrected chi connectivity index (χ4v) is 2.30. The number of methoxy groups -OCH3 is 1. The van der Waals surface area contributed by atoms with E-state index in [1.807, 2.05) is 43.3 Å². The van der Waals surface area contributed by atoms with Crippen LogP contribution in [0.4, 0.5) is 0 Å². The molecule has 0 bridgehead atoms. The van der Waals surface area contributed by atoms with E-state index in [1.54, 1.807) is 0 Å². The Morgan fingerprint density at radius 1 is 1.00 bits per heavy atom. The molecule has 0 aliphatic carbocycles. The summed E-state index contributed by atoms with van der Waals surface area (Å²) in [5.41, 5.74) is 2.36. The first-order valence-electron chi connectivity index (χ1n) is 7.13. The number of carbonyl (C=O) groups excluding carboxylic acids is 1. The van der Waals surface area contributed by atoms with Crippen LogP contribution in [0.2, 0.25) is 0 Å². The second kappa shape index (κ2) is 7.60. The lowest BCUT2D eigenvalue weighted by atomic mass is 9.98. The van der Waals surface area contributed by atoms with Crippen LogP contribution >= 0.6 is 0 Å². The van der Waals surface area contributed by atoms with Gasteiger partial charge in [0.05, 0.1) is 19.1 Å². The van der Waals surface area contributed by atoms with Crippen LogP contribution in [0.25, 0.3) is 0 Å².